The topological polar surface area (TPSA) is 86.8 Å². The van der Waals surface area contributed by atoms with Gasteiger partial charge >= 0.3 is 0 Å². The first-order valence-electron chi connectivity index (χ1n) is 11.6. The number of carbonyl (C=O) groups excluding carboxylic acids is 2. The van der Waals surface area contributed by atoms with Crippen LogP contribution in [0.1, 0.15) is 44.6 Å². The van der Waals surface area contributed by atoms with E-state index in [1.807, 2.05) is 24.3 Å². The summed E-state index contributed by atoms with van der Waals surface area (Å²) in [6.07, 6.45) is 6.21. The van der Waals surface area contributed by atoms with E-state index < -0.39 is 28.5 Å². The van der Waals surface area contributed by atoms with Crippen LogP contribution in [0, 0.1) is 0 Å². The van der Waals surface area contributed by atoms with Gasteiger partial charge in [0.05, 0.1) is 11.9 Å². The van der Waals surface area contributed by atoms with Crippen molar-refractivity contribution in [3.63, 3.8) is 0 Å². The Balaban J connectivity index is 1.86. The van der Waals surface area contributed by atoms with Crippen LogP contribution < -0.4 is 9.62 Å². The van der Waals surface area contributed by atoms with E-state index in [4.69, 9.17) is 11.6 Å². The van der Waals surface area contributed by atoms with E-state index in [0.29, 0.717) is 5.02 Å². The standard InChI is InChI=1S/C25H31BrClN3O4S/c1-18(25(32)28-22-8-4-3-5-9-22)29(16-19-11-13-20(26)14-12-19)24(31)17-30(35(2,33)34)23-10-6-7-21(27)15-23/h6-7,10-15,18,22H,3-5,8-9,16-17H2,1-2H3,(H,28,32)/t18-/m0/s1. The van der Waals surface area contributed by atoms with Gasteiger partial charge in [0.2, 0.25) is 21.8 Å². The highest BCUT2D eigenvalue weighted by molar-refractivity contribution is 9.10. The lowest BCUT2D eigenvalue weighted by Gasteiger charge is -2.33. The van der Waals surface area contributed by atoms with Crippen LogP contribution in [-0.4, -0.2) is 50.0 Å². The molecule has 1 fully saturated rings. The Labute approximate surface area is 221 Å². The van der Waals surface area contributed by atoms with Crippen LogP contribution in [0.2, 0.25) is 5.02 Å². The minimum absolute atomic E-state index is 0.0994. The van der Waals surface area contributed by atoms with Gasteiger partial charge in [0.1, 0.15) is 12.6 Å². The largest absolute Gasteiger partial charge is 0.352 e. The fraction of sp³-hybridized carbons (Fsp3) is 0.440. The van der Waals surface area contributed by atoms with E-state index in [9.17, 15) is 18.0 Å². The van der Waals surface area contributed by atoms with Crippen LogP contribution in [0.5, 0.6) is 0 Å². The number of carbonyl (C=O) groups is 2. The molecule has 1 aliphatic carbocycles. The maximum atomic E-state index is 13.6. The zero-order chi connectivity index (χ0) is 25.6. The van der Waals surface area contributed by atoms with Crippen molar-refractivity contribution >= 4 is 55.1 Å². The molecule has 0 aliphatic heterocycles. The lowest BCUT2D eigenvalue weighted by Crippen LogP contribution is -2.52. The lowest BCUT2D eigenvalue weighted by atomic mass is 9.95. The summed E-state index contributed by atoms with van der Waals surface area (Å²) >= 11 is 9.47. The average Bonchev–Trinajstić information content (AvgIpc) is 2.81. The van der Waals surface area contributed by atoms with Crippen molar-refractivity contribution in [1.82, 2.24) is 10.2 Å². The predicted octanol–water partition coefficient (Wildman–Crippen LogP) is 4.73. The van der Waals surface area contributed by atoms with Gasteiger partial charge in [0.25, 0.3) is 0 Å². The minimum Gasteiger partial charge on any atom is -0.352 e. The van der Waals surface area contributed by atoms with Gasteiger partial charge in [-0.2, -0.15) is 0 Å². The summed E-state index contributed by atoms with van der Waals surface area (Å²) in [4.78, 5) is 28.1. The predicted molar refractivity (Wildman–Crippen MR) is 143 cm³/mol. The molecule has 0 heterocycles. The molecule has 0 saturated heterocycles. The first kappa shape index (κ1) is 27.5. The number of rotatable bonds is 9. The fourth-order valence-corrected chi connectivity index (χ4v) is 5.47. The fourth-order valence-electron chi connectivity index (χ4n) is 4.18. The minimum atomic E-state index is -3.79. The molecule has 0 unspecified atom stereocenters. The maximum Gasteiger partial charge on any atom is 0.244 e. The first-order valence-corrected chi connectivity index (χ1v) is 14.6. The van der Waals surface area contributed by atoms with Crippen molar-refractivity contribution in [3.8, 4) is 0 Å². The van der Waals surface area contributed by atoms with Crippen molar-refractivity contribution in [3.05, 3.63) is 63.6 Å². The normalized spacial score (nSPS) is 15.3. The molecule has 1 aliphatic rings. The quantitative estimate of drug-likeness (QED) is 0.462. The molecule has 190 valence electrons. The van der Waals surface area contributed by atoms with Crippen LogP contribution in [0.15, 0.2) is 53.0 Å². The highest BCUT2D eigenvalue weighted by atomic mass is 79.9. The summed E-state index contributed by atoms with van der Waals surface area (Å²) in [5, 5.41) is 3.44. The van der Waals surface area contributed by atoms with E-state index in [2.05, 4.69) is 21.2 Å². The summed E-state index contributed by atoms with van der Waals surface area (Å²) in [5.74, 6) is -0.722. The van der Waals surface area contributed by atoms with Gasteiger partial charge in [-0.1, -0.05) is 65.0 Å². The average molecular weight is 585 g/mol. The number of sulfonamides is 1. The number of amides is 2. The number of hydrogen-bond acceptors (Lipinski definition) is 4. The summed E-state index contributed by atoms with van der Waals surface area (Å²) < 4.78 is 27.1. The highest BCUT2D eigenvalue weighted by Crippen LogP contribution is 2.23. The molecule has 2 aromatic carbocycles. The number of nitrogens with zero attached hydrogens (tertiary/aromatic N) is 2. The van der Waals surface area contributed by atoms with Gasteiger partial charge in [-0.25, -0.2) is 8.42 Å². The van der Waals surface area contributed by atoms with Gasteiger partial charge in [0, 0.05) is 22.1 Å². The summed E-state index contributed by atoms with van der Waals surface area (Å²) in [5.41, 5.74) is 1.11. The third-order valence-electron chi connectivity index (χ3n) is 6.16. The Morgan fingerprint density at radius 3 is 2.37 bits per heavy atom. The molecule has 35 heavy (non-hydrogen) atoms. The zero-order valence-electron chi connectivity index (χ0n) is 19.9. The van der Waals surface area contributed by atoms with E-state index in [1.165, 1.54) is 17.4 Å². The number of anilines is 1. The van der Waals surface area contributed by atoms with E-state index in [-0.39, 0.29) is 24.2 Å². The first-order chi connectivity index (χ1) is 16.5. The van der Waals surface area contributed by atoms with Gasteiger partial charge in [-0.15, -0.1) is 0 Å². The Hall–Kier alpha value is -2.10. The van der Waals surface area contributed by atoms with Gasteiger partial charge in [0.15, 0.2) is 0 Å². The van der Waals surface area contributed by atoms with Gasteiger partial charge in [-0.3, -0.25) is 13.9 Å². The van der Waals surface area contributed by atoms with Crippen molar-refractivity contribution in [2.75, 3.05) is 17.1 Å². The highest BCUT2D eigenvalue weighted by Gasteiger charge is 2.31. The molecule has 0 radical (unpaired) electrons. The van der Waals surface area contributed by atoms with Crippen molar-refractivity contribution in [2.45, 2.75) is 57.7 Å². The molecule has 7 nitrogen and oxygen atoms in total. The SMILES string of the molecule is C[C@@H](C(=O)NC1CCCCC1)N(Cc1ccc(Br)cc1)C(=O)CN(c1cccc(Cl)c1)S(C)(=O)=O. The molecule has 1 atom stereocenters. The second-order valence-electron chi connectivity index (χ2n) is 8.92. The Morgan fingerprint density at radius 1 is 1.11 bits per heavy atom. The van der Waals surface area contributed by atoms with Crippen molar-refractivity contribution in [2.24, 2.45) is 0 Å². The summed E-state index contributed by atoms with van der Waals surface area (Å²) in [6, 6.07) is 13.1. The van der Waals surface area contributed by atoms with Gasteiger partial charge < -0.3 is 10.2 Å². The zero-order valence-corrected chi connectivity index (χ0v) is 23.1. The second kappa shape index (κ2) is 12.2. The van der Waals surface area contributed by atoms with E-state index in [1.54, 1.807) is 25.1 Å². The van der Waals surface area contributed by atoms with Crippen LogP contribution in [0.3, 0.4) is 0 Å². The molecule has 1 saturated carbocycles. The third-order valence-corrected chi connectivity index (χ3v) is 8.06. The van der Waals surface area contributed by atoms with Crippen LogP contribution in [0.4, 0.5) is 5.69 Å². The Kier molecular flexibility index (Phi) is 9.61. The monoisotopic (exact) mass is 583 g/mol. The number of hydrogen-bond donors (Lipinski definition) is 1. The van der Waals surface area contributed by atoms with E-state index in [0.717, 1.165) is 46.3 Å². The lowest BCUT2D eigenvalue weighted by molar-refractivity contribution is -0.139. The molecule has 0 aromatic heterocycles. The van der Waals surface area contributed by atoms with Crippen molar-refractivity contribution < 1.29 is 18.0 Å². The van der Waals surface area contributed by atoms with Crippen LogP contribution in [-0.2, 0) is 26.2 Å². The number of benzene rings is 2. The molecule has 3 rings (SSSR count). The molecule has 0 spiro atoms. The number of nitrogens with one attached hydrogen (secondary N) is 1. The molecular formula is C25H31BrClN3O4S. The van der Waals surface area contributed by atoms with Crippen LogP contribution >= 0.6 is 27.5 Å². The molecular weight excluding hydrogens is 554 g/mol. The molecule has 1 N–H and O–H groups in total. The molecule has 2 aromatic rings. The third kappa shape index (κ3) is 7.95. The summed E-state index contributed by atoms with van der Waals surface area (Å²) in [6.45, 7) is 1.40. The van der Waals surface area contributed by atoms with Crippen molar-refractivity contribution in [1.29, 1.82) is 0 Å². The molecule has 0 bridgehead atoms. The second-order valence-corrected chi connectivity index (χ2v) is 12.2. The smallest absolute Gasteiger partial charge is 0.244 e. The van der Waals surface area contributed by atoms with Gasteiger partial charge in [-0.05, 0) is 55.7 Å². The Bertz CT molecular complexity index is 1140. The Morgan fingerprint density at radius 2 is 1.77 bits per heavy atom. The molecule has 10 heteroatoms. The number of halogens is 2. The van der Waals surface area contributed by atoms with E-state index >= 15 is 0 Å². The maximum absolute atomic E-state index is 13.6. The van der Waals surface area contributed by atoms with Crippen LogP contribution in [0.25, 0.3) is 0 Å². The molecule has 2 amide bonds. The summed E-state index contributed by atoms with van der Waals surface area (Å²) in [7, 11) is -3.79.